The maximum atomic E-state index is 12.0. The Morgan fingerprint density at radius 1 is 1.47 bits per heavy atom. The van der Waals surface area contributed by atoms with E-state index in [0.717, 1.165) is 16.6 Å². The van der Waals surface area contributed by atoms with Gasteiger partial charge in [-0.15, -0.1) is 16.4 Å². The first kappa shape index (κ1) is 14.4. The average Bonchev–Trinajstić information content (AvgIpc) is 2.95. The van der Waals surface area contributed by atoms with Crippen LogP contribution in [0.5, 0.6) is 0 Å². The van der Waals surface area contributed by atoms with Crippen LogP contribution in [0.15, 0.2) is 22.7 Å². The van der Waals surface area contributed by atoms with Crippen LogP contribution in [0, 0.1) is 0 Å². The third-order valence-electron chi connectivity index (χ3n) is 2.09. The van der Waals surface area contributed by atoms with Crippen LogP contribution in [0.3, 0.4) is 0 Å². The van der Waals surface area contributed by atoms with Gasteiger partial charge in [0.15, 0.2) is 5.82 Å². The predicted octanol–water partition coefficient (Wildman–Crippen LogP) is 2.94. The molecule has 19 heavy (non-hydrogen) atoms. The Hall–Kier alpha value is -1.06. The van der Waals surface area contributed by atoms with Crippen molar-refractivity contribution < 1.29 is 18.3 Å². The third kappa shape index (κ3) is 4.51. The fourth-order valence-electron chi connectivity index (χ4n) is 1.33. The summed E-state index contributed by atoms with van der Waals surface area (Å²) in [5.74, 6) is 0.476. The molecule has 2 heterocycles. The summed E-state index contributed by atoms with van der Waals surface area (Å²) in [5.41, 5.74) is 0. The van der Waals surface area contributed by atoms with E-state index < -0.39 is 18.7 Å². The van der Waals surface area contributed by atoms with E-state index in [2.05, 4.69) is 15.2 Å². The summed E-state index contributed by atoms with van der Waals surface area (Å²) < 4.78 is 36.0. The summed E-state index contributed by atoms with van der Waals surface area (Å²) in [4.78, 5) is 5.03. The first-order chi connectivity index (χ1) is 8.94. The van der Waals surface area contributed by atoms with Crippen LogP contribution in [0.1, 0.15) is 6.42 Å². The highest BCUT2D eigenvalue weighted by molar-refractivity contribution is 7.99. The van der Waals surface area contributed by atoms with E-state index in [4.69, 9.17) is 0 Å². The van der Waals surface area contributed by atoms with Gasteiger partial charge < -0.3 is 5.11 Å². The van der Waals surface area contributed by atoms with Crippen molar-refractivity contribution in [3.05, 3.63) is 17.5 Å². The molecule has 0 saturated heterocycles. The number of nitrogens with zero attached hydrogens (tertiary/aromatic N) is 2. The molecule has 2 aromatic heterocycles. The Labute approximate surface area is 115 Å². The van der Waals surface area contributed by atoms with E-state index in [1.807, 2.05) is 17.5 Å². The van der Waals surface area contributed by atoms with Crippen molar-refractivity contribution in [2.24, 2.45) is 0 Å². The molecule has 0 aliphatic rings. The number of aromatic nitrogens is 3. The number of alkyl halides is 3. The minimum atomic E-state index is -4.36. The van der Waals surface area contributed by atoms with Gasteiger partial charge in [0, 0.05) is 5.75 Å². The summed E-state index contributed by atoms with van der Waals surface area (Å²) in [6.45, 7) is 0. The van der Waals surface area contributed by atoms with Gasteiger partial charge >= 0.3 is 6.18 Å². The zero-order chi connectivity index (χ0) is 13.9. The standard InChI is InChI=1S/C10H10F3N3OS2/c11-10(12,13)4-6(17)5-19-9-14-8(15-16-9)7-2-1-3-18-7/h1-3,6,17H,4-5H2,(H,14,15,16). The second-order valence-electron chi connectivity index (χ2n) is 3.73. The Balaban J connectivity index is 1.87. The molecule has 0 radical (unpaired) electrons. The molecular formula is C10H10F3N3OS2. The second kappa shape index (κ2) is 5.93. The average molecular weight is 309 g/mol. The number of rotatable bonds is 5. The third-order valence-corrected chi connectivity index (χ3v) is 3.96. The summed E-state index contributed by atoms with van der Waals surface area (Å²) in [6.07, 6.45) is -7.03. The van der Waals surface area contributed by atoms with Crippen molar-refractivity contribution in [1.82, 2.24) is 15.2 Å². The SMILES string of the molecule is OC(CSc1n[nH]c(-c2cccs2)n1)CC(F)(F)F. The summed E-state index contributed by atoms with van der Waals surface area (Å²) >= 11 is 2.47. The molecule has 2 N–H and O–H groups in total. The van der Waals surface area contributed by atoms with E-state index in [-0.39, 0.29) is 5.75 Å². The van der Waals surface area contributed by atoms with Crippen molar-refractivity contribution in [3.8, 4) is 10.7 Å². The predicted molar refractivity (Wildman–Crippen MR) is 67.1 cm³/mol. The van der Waals surface area contributed by atoms with Gasteiger partial charge in [0.1, 0.15) is 0 Å². The number of hydrogen-bond acceptors (Lipinski definition) is 5. The van der Waals surface area contributed by atoms with Crippen LogP contribution < -0.4 is 0 Å². The van der Waals surface area contributed by atoms with E-state index in [1.54, 1.807) is 0 Å². The van der Waals surface area contributed by atoms with Crippen LogP contribution in [0.2, 0.25) is 0 Å². The summed E-state index contributed by atoms with van der Waals surface area (Å²) in [6, 6.07) is 3.72. The fourth-order valence-corrected chi connectivity index (χ4v) is 2.72. The molecule has 2 rings (SSSR count). The number of thioether (sulfide) groups is 1. The molecule has 0 bridgehead atoms. The Morgan fingerprint density at radius 2 is 2.26 bits per heavy atom. The molecule has 1 atom stereocenters. The zero-order valence-corrected chi connectivity index (χ0v) is 11.1. The number of aliphatic hydroxyl groups excluding tert-OH is 1. The monoisotopic (exact) mass is 309 g/mol. The zero-order valence-electron chi connectivity index (χ0n) is 9.52. The summed E-state index contributed by atoms with van der Waals surface area (Å²) in [5, 5.41) is 18.0. The molecule has 0 aromatic carbocycles. The number of halogens is 3. The number of nitrogens with one attached hydrogen (secondary N) is 1. The van der Waals surface area contributed by atoms with Gasteiger partial charge in [-0.3, -0.25) is 5.10 Å². The molecule has 1 unspecified atom stereocenters. The van der Waals surface area contributed by atoms with Crippen LogP contribution in [0.4, 0.5) is 13.2 Å². The smallest absolute Gasteiger partial charge is 0.391 e. The maximum Gasteiger partial charge on any atom is 0.391 e. The lowest BCUT2D eigenvalue weighted by Crippen LogP contribution is -2.21. The van der Waals surface area contributed by atoms with Crippen LogP contribution in [-0.4, -0.2) is 38.3 Å². The largest absolute Gasteiger partial charge is 0.392 e. The molecule has 0 spiro atoms. The molecule has 2 aromatic rings. The Bertz CT molecular complexity index is 512. The van der Waals surface area contributed by atoms with Crippen molar-refractivity contribution in [3.63, 3.8) is 0 Å². The molecule has 104 valence electrons. The lowest BCUT2D eigenvalue weighted by atomic mass is 10.3. The van der Waals surface area contributed by atoms with E-state index in [9.17, 15) is 18.3 Å². The first-order valence-electron chi connectivity index (χ1n) is 5.28. The molecule has 0 aliphatic carbocycles. The number of H-pyrrole nitrogens is 1. The lowest BCUT2D eigenvalue weighted by Gasteiger charge is -2.11. The molecule has 0 fully saturated rings. The molecule has 0 amide bonds. The number of thiophene rings is 1. The maximum absolute atomic E-state index is 12.0. The Kier molecular flexibility index (Phi) is 4.48. The molecule has 4 nitrogen and oxygen atoms in total. The van der Waals surface area contributed by atoms with Crippen LogP contribution in [0.25, 0.3) is 10.7 Å². The second-order valence-corrected chi connectivity index (χ2v) is 5.66. The lowest BCUT2D eigenvalue weighted by molar-refractivity contribution is -0.150. The van der Waals surface area contributed by atoms with Crippen LogP contribution >= 0.6 is 23.1 Å². The highest BCUT2D eigenvalue weighted by atomic mass is 32.2. The van der Waals surface area contributed by atoms with Crippen molar-refractivity contribution in [2.45, 2.75) is 23.9 Å². The van der Waals surface area contributed by atoms with Crippen molar-refractivity contribution in [1.29, 1.82) is 0 Å². The molecular weight excluding hydrogens is 299 g/mol. The van der Waals surface area contributed by atoms with E-state index in [1.165, 1.54) is 11.3 Å². The number of hydrogen-bond donors (Lipinski definition) is 2. The normalized spacial score (nSPS) is 13.7. The van der Waals surface area contributed by atoms with Gasteiger partial charge in [-0.25, -0.2) is 4.98 Å². The highest BCUT2D eigenvalue weighted by Gasteiger charge is 2.31. The summed E-state index contributed by atoms with van der Waals surface area (Å²) in [7, 11) is 0. The van der Waals surface area contributed by atoms with E-state index >= 15 is 0 Å². The van der Waals surface area contributed by atoms with Gasteiger partial charge in [0.25, 0.3) is 0 Å². The molecule has 0 saturated carbocycles. The quantitative estimate of drug-likeness (QED) is 0.834. The van der Waals surface area contributed by atoms with Crippen molar-refractivity contribution in [2.75, 3.05) is 5.75 Å². The molecule has 0 aliphatic heterocycles. The minimum Gasteiger partial charge on any atom is -0.392 e. The van der Waals surface area contributed by atoms with Gasteiger partial charge in [-0.1, -0.05) is 17.8 Å². The van der Waals surface area contributed by atoms with E-state index in [0.29, 0.717) is 11.0 Å². The van der Waals surface area contributed by atoms with Gasteiger partial charge in [-0.2, -0.15) is 13.2 Å². The van der Waals surface area contributed by atoms with Gasteiger partial charge in [0.05, 0.1) is 17.4 Å². The van der Waals surface area contributed by atoms with Gasteiger partial charge in [0.2, 0.25) is 5.16 Å². The molecule has 9 heteroatoms. The Morgan fingerprint density at radius 3 is 2.89 bits per heavy atom. The van der Waals surface area contributed by atoms with Crippen LogP contribution in [-0.2, 0) is 0 Å². The number of aliphatic hydroxyl groups is 1. The minimum absolute atomic E-state index is 0.0960. The topological polar surface area (TPSA) is 61.8 Å². The fraction of sp³-hybridized carbons (Fsp3) is 0.400. The van der Waals surface area contributed by atoms with Crippen molar-refractivity contribution >= 4 is 23.1 Å². The number of aromatic amines is 1. The first-order valence-corrected chi connectivity index (χ1v) is 7.14. The highest BCUT2D eigenvalue weighted by Crippen LogP contribution is 2.26. The van der Waals surface area contributed by atoms with Gasteiger partial charge in [-0.05, 0) is 11.4 Å².